The lowest BCUT2D eigenvalue weighted by atomic mass is 10.1. The molecule has 0 unspecified atom stereocenters. The molecular weight excluding hydrogens is 324 g/mol. The molecule has 0 bridgehead atoms. The number of rotatable bonds is 5. The average Bonchev–Trinajstić information content (AvgIpc) is 2.98. The number of amides is 1. The molecule has 3 atom stereocenters. The maximum atomic E-state index is 12.6. The number of benzene rings is 1. The highest BCUT2D eigenvalue weighted by atomic mass is 32.2. The van der Waals surface area contributed by atoms with Gasteiger partial charge in [0.15, 0.2) is 0 Å². The molecule has 1 aromatic carbocycles. The topological polar surface area (TPSA) is 89.3 Å². The van der Waals surface area contributed by atoms with Gasteiger partial charge in [-0.15, -0.1) is 0 Å². The molecule has 132 valence electrons. The van der Waals surface area contributed by atoms with E-state index in [-0.39, 0.29) is 34.1 Å². The van der Waals surface area contributed by atoms with Crippen LogP contribution in [0.1, 0.15) is 46.2 Å². The summed E-state index contributed by atoms with van der Waals surface area (Å²) in [7, 11) is -3.70. The first-order valence-corrected chi connectivity index (χ1v) is 9.57. The van der Waals surface area contributed by atoms with Gasteiger partial charge in [0.1, 0.15) is 0 Å². The highest BCUT2D eigenvalue weighted by Gasteiger charge is 2.60. The third kappa shape index (κ3) is 3.87. The van der Waals surface area contributed by atoms with E-state index in [0.29, 0.717) is 0 Å². The Morgan fingerprint density at radius 3 is 2.25 bits per heavy atom. The standard InChI is InChI=1S/C18H26N2O3S/c1-11(2)10-15-16(18(15,4)5)17(21)20-12(3)13-6-8-14(9-7-13)24(19,22)23/h6-10,12,15-16H,1-5H3,(H,20,21)(H2,19,22,23)/t12-,15+,16+/m0/s1. The number of hydrogen-bond acceptors (Lipinski definition) is 3. The maximum Gasteiger partial charge on any atom is 0.238 e. The van der Waals surface area contributed by atoms with Gasteiger partial charge in [0, 0.05) is 0 Å². The van der Waals surface area contributed by atoms with Crippen molar-refractivity contribution in [3.05, 3.63) is 41.5 Å². The van der Waals surface area contributed by atoms with Crippen molar-refractivity contribution in [2.75, 3.05) is 0 Å². The molecule has 1 amide bonds. The Labute approximate surface area is 144 Å². The molecule has 0 aromatic heterocycles. The van der Waals surface area contributed by atoms with E-state index in [1.54, 1.807) is 12.1 Å². The molecule has 3 N–H and O–H groups in total. The lowest BCUT2D eigenvalue weighted by Crippen LogP contribution is -2.29. The fourth-order valence-electron chi connectivity index (χ4n) is 3.18. The van der Waals surface area contributed by atoms with Crippen LogP contribution in [-0.4, -0.2) is 14.3 Å². The van der Waals surface area contributed by atoms with E-state index in [2.05, 4.69) is 25.2 Å². The van der Waals surface area contributed by atoms with Crippen LogP contribution >= 0.6 is 0 Å². The predicted molar refractivity (Wildman–Crippen MR) is 94.6 cm³/mol. The Kier molecular flexibility index (Phi) is 4.93. The van der Waals surface area contributed by atoms with Crippen LogP contribution in [0.5, 0.6) is 0 Å². The molecule has 6 heteroatoms. The predicted octanol–water partition coefficient (Wildman–Crippen LogP) is 2.75. The zero-order valence-corrected chi connectivity index (χ0v) is 15.6. The molecule has 5 nitrogen and oxygen atoms in total. The summed E-state index contributed by atoms with van der Waals surface area (Å²) in [6, 6.07) is 6.07. The first kappa shape index (κ1) is 18.7. The number of nitrogens with two attached hydrogens (primary N) is 1. The van der Waals surface area contributed by atoms with Crippen LogP contribution in [0, 0.1) is 17.3 Å². The first-order chi connectivity index (χ1) is 10.9. The van der Waals surface area contributed by atoms with Crippen LogP contribution in [0.4, 0.5) is 0 Å². The van der Waals surface area contributed by atoms with E-state index in [4.69, 9.17) is 5.14 Å². The quantitative estimate of drug-likeness (QED) is 0.800. The number of carbonyl (C=O) groups is 1. The van der Waals surface area contributed by atoms with Gasteiger partial charge in [-0.25, -0.2) is 13.6 Å². The summed E-state index contributed by atoms with van der Waals surface area (Å²) in [5.74, 6) is 0.267. The van der Waals surface area contributed by atoms with Gasteiger partial charge in [0.05, 0.1) is 16.9 Å². The zero-order valence-electron chi connectivity index (χ0n) is 14.8. The molecule has 2 rings (SSSR count). The van der Waals surface area contributed by atoms with Crippen LogP contribution in [0.3, 0.4) is 0 Å². The molecule has 0 heterocycles. The summed E-state index contributed by atoms with van der Waals surface area (Å²) in [5.41, 5.74) is 2.03. The molecule has 1 saturated carbocycles. The van der Waals surface area contributed by atoms with Crippen LogP contribution in [0.2, 0.25) is 0 Å². The second-order valence-corrected chi connectivity index (χ2v) is 8.97. The van der Waals surface area contributed by atoms with Gasteiger partial charge in [0.2, 0.25) is 15.9 Å². The zero-order chi connectivity index (χ0) is 18.3. The molecule has 1 aromatic rings. The van der Waals surface area contributed by atoms with Crippen LogP contribution in [0.25, 0.3) is 0 Å². The SMILES string of the molecule is CC(C)=C[C@@H]1[C@H](C(=O)N[C@@H](C)c2ccc(S(N)(=O)=O)cc2)C1(C)C. The maximum absolute atomic E-state index is 12.6. The average molecular weight is 350 g/mol. The van der Waals surface area contributed by atoms with Crippen LogP contribution in [-0.2, 0) is 14.8 Å². The monoisotopic (exact) mass is 350 g/mol. The lowest BCUT2D eigenvalue weighted by molar-refractivity contribution is -0.123. The minimum atomic E-state index is -3.70. The van der Waals surface area contributed by atoms with Crippen molar-refractivity contribution < 1.29 is 13.2 Å². The van der Waals surface area contributed by atoms with E-state index in [9.17, 15) is 13.2 Å². The van der Waals surface area contributed by atoms with Crippen LogP contribution in [0.15, 0.2) is 40.8 Å². The van der Waals surface area contributed by atoms with E-state index in [1.165, 1.54) is 17.7 Å². The Morgan fingerprint density at radius 2 is 1.79 bits per heavy atom. The van der Waals surface area contributed by atoms with Crippen molar-refractivity contribution in [3.63, 3.8) is 0 Å². The number of carbonyl (C=O) groups excluding carboxylic acids is 1. The normalized spacial score (nSPS) is 23.2. The van der Waals surface area contributed by atoms with Crippen molar-refractivity contribution >= 4 is 15.9 Å². The number of nitrogens with one attached hydrogen (secondary N) is 1. The number of allylic oxidation sites excluding steroid dienone is 2. The van der Waals surface area contributed by atoms with Crippen molar-refractivity contribution in [2.45, 2.75) is 45.6 Å². The summed E-state index contributed by atoms with van der Waals surface area (Å²) >= 11 is 0. The van der Waals surface area contributed by atoms with E-state index < -0.39 is 10.0 Å². The molecule has 0 saturated heterocycles. The van der Waals surface area contributed by atoms with Gasteiger partial charge in [-0.05, 0) is 49.8 Å². The van der Waals surface area contributed by atoms with Gasteiger partial charge in [-0.2, -0.15) is 0 Å². The summed E-state index contributed by atoms with van der Waals surface area (Å²) < 4.78 is 22.6. The second kappa shape index (κ2) is 6.33. The minimum absolute atomic E-state index is 0.0291. The summed E-state index contributed by atoms with van der Waals surface area (Å²) in [5, 5.41) is 8.12. The van der Waals surface area contributed by atoms with Crippen molar-refractivity contribution in [1.29, 1.82) is 0 Å². The van der Waals surface area contributed by atoms with Crippen molar-refractivity contribution in [1.82, 2.24) is 5.32 Å². The Bertz CT molecular complexity index is 760. The van der Waals surface area contributed by atoms with Crippen molar-refractivity contribution in [2.24, 2.45) is 22.4 Å². The van der Waals surface area contributed by atoms with Gasteiger partial charge >= 0.3 is 0 Å². The molecular formula is C18H26N2O3S. The third-order valence-electron chi connectivity index (χ3n) is 4.77. The molecule has 1 aliphatic rings. The second-order valence-electron chi connectivity index (χ2n) is 7.41. The summed E-state index contributed by atoms with van der Waals surface area (Å²) in [6.45, 7) is 10.2. The van der Waals surface area contributed by atoms with Gasteiger partial charge < -0.3 is 5.32 Å². The molecule has 0 aliphatic heterocycles. The van der Waals surface area contributed by atoms with Gasteiger partial charge in [-0.1, -0.05) is 37.6 Å². The Balaban J connectivity index is 2.06. The molecule has 24 heavy (non-hydrogen) atoms. The fraction of sp³-hybridized carbons (Fsp3) is 0.500. The fourth-order valence-corrected chi connectivity index (χ4v) is 3.70. The van der Waals surface area contributed by atoms with Crippen LogP contribution < -0.4 is 10.5 Å². The van der Waals surface area contributed by atoms with Gasteiger partial charge in [0.25, 0.3) is 0 Å². The number of primary sulfonamides is 1. The molecule has 1 fully saturated rings. The molecule has 1 aliphatic carbocycles. The Hall–Kier alpha value is -1.66. The van der Waals surface area contributed by atoms with E-state index in [1.807, 2.05) is 20.8 Å². The summed E-state index contributed by atoms with van der Waals surface area (Å²) in [4.78, 5) is 12.6. The lowest BCUT2D eigenvalue weighted by Gasteiger charge is -2.15. The number of sulfonamides is 1. The van der Waals surface area contributed by atoms with E-state index in [0.717, 1.165) is 5.56 Å². The molecule has 0 spiro atoms. The molecule has 0 radical (unpaired) electrons. The largest absolute Gasteiger partial charge is 0.349 e. The first-order valence-electron chi connectivity index (χ1n) is 8.02. The number of hydrogen-bond donors (Lipinski definition) is 2. The van der Waals surface area contributed by atoms with Gasteiger partial charge in [-0.3, -0.25) is 4.79 Å². The van der Waals surface area contributed by atoms with Crippen molar-refractivity contribution in [3.8, 4) is 0 Å². The highest BCUT2D eigenvalue weighted by molar-refractivity contribution is 7.89. The smallest absolute Gasteiger partial charge is 0.238 e. The minimum Gasteiger partial charge on any atom is -0.349 e. The Morgan fingerprint density at radius 1 is 1.25 bits per heavy atom. The highest BCUT2D eigenvalue weighted by Crippen LogP contribution is 2.59. The summed E-state index contributed by atoms with van der Waals surface area (Å²) in [6.07, 6.45) is 2.16. The van der Waals surface area contributed by atoms with E-state index >= 15 is 0 Å². The third-order valence-corrected chi connectivity index (χ3v) is 5.70.